The van der Waals surface area contributed by atoms with E-state index < -0.39 is 0 Å². The van der Waals surface area contributed by atoms with Gasteiger partial charge in [0.1, 0.15) is 4.99 Å². The first-order valence-corrected chi connectivity index (χ1v) is 9.85. The fraction of sp³-hybridized carbons (Fsp3) is 0.526. The van der Waals surface area contributed by atoms with Crippen molar-refractivity contribution in [2.75, 3.05) is 32.1 Å². The van der Waals surface area contributed by atoms with Crippen molar-refractivity contribution in [2.45, 2.75) is 38.5 Å². The van der Waals surface area contributed by atoms with Crippen molar-refractivity contribution < 1.29 is 0 Å². The Labute approximate surface area is 149 Å². The quantitative estimate of drug-likeness (QED) is 0.444. The summed E-state index contributed by atoms with van der Waals surface area (Å²) in [5.41, 5.74) is 3.17. The third kappa shape index (κ3) is 3.86. The third-order valence-electron chi connectivity index (χ3n) is 4.65. The second-order valence-corrected chi connectivity index (χ2v) is 8.03. The van der Waals surface area contributed by atoms with Crippen LogP contribution >= 0.6 is 23.6 Å². The van der Waals surface area contributed by atoms with Crippen LogP contribution in [-0.4, -0.2) is 37.1 Å². The van der Waals surface area contributed by atoms with Gasteiger partial charge in [-0.1, -0.05) is 24.4 Å². The molecule has 1 aromatic heterocycles. The van der Waals surface area contributed by atoms with Crippen LogP contribution in [0.5, 0.6) is 0 Å². The fourth-order valence-corrected chi connectivity index (χ4v) is 4.96. The monoisotopic (exact) mass is 346 g/mol. The highest BCUT2D eigenvalue weighted by atomic mass is 32.1. The number of allylic oxidation sites excluding steroid dienone is 2. The van der Waals surface area contributed by atoms with Gasteiger partial charge in [0.25, 0.3) is 0 Å². The van der Waals surface area contributed by atoms with E-state index in [1.807, 2.05) is 11.3 Å². The lowest BCUT2D eigenvalue weighted by Crippen LogP contribution is -2.23. The molecule has 0 aromatic carbocycles. The van der Waals surface area contributed by atoms with Gasteiger partial charge in [0.15, 0.2) is 0 Å². The van der Waals surface area contributed by atoms with E-state index in [2.05, 4.69) is 48.2 Å². The molecule has 1 saturated heterocycles. The minimum Gasteiger partial charge on any atom is -0.369 e. The summed E-state index contributed by atoms with van der Waals surface area (Å²) in [4.78, 5) is 6.98. The Morgan fingerprint density at radius 3 is 2.43 bits per heavy atom. The maximum Gasteiger partial charge on any atom is 0.101 e. The maximum absolute atomic E-state index is 5.48. The second kappa shape index (κ2) is 7.63. The van der Waals surface area contributed by atoms with Gasteiger partial charge < -0.3 is 9.80 Å². The summed E-state index contributed by atoms with van der Waals surface area (Å²) in [6.07, 6.45) is 16.3. The number of hydrogen-bond donors (Lipinski definition) is 0. The van der Waals surface area contributed by atoms with E-state index in [1.54, 1.807) is 11.1 Å². The summed E-state index contributed by atoms with van der Waals surface area (Å²) in [5, 5.41) is 1.44. The van der Waals surface area contributed by atoms with Gasteiger partial charge in [0, 0.05) is 32.1 Å². The van der Waals surface area contributed by atoms with Crippen molar-refractivity contribution in [1.82, 2.24) is 4.90 Å². The summed E-state index contributed by atoms with van der Waals surface area (Å²) >= 11 is 7.41. The number of thiophene rings is 1. The summed E-state index contributed by atoms with van der Waals surface area (Å²) in [5.74, 6) is 0. The normalized spacial score (nSPS) is 18.1. The molecule has 2 aliphatic rings. The van der Waals surface area contributed by atoms with E-state index in [-0.39, 0.29) is 0 Å². The molecule has 0 unspecified atom stereocenters. The van der Waals surface area contributed by atoms with E-state index in [0.29, 0.717) is 0 Å². The molecule has 1 aliphatic heterocycles. The molecule has 1 aromatic rings. The summed E-state index contributed by atoms with van der Waals surface area (Å²) in [7, 11) is 4.31. The predicted octanol–water partition coefficient (Wildman–Crippen LogP) is 4.69. The fourth-order valence-electron chi connectivity index (χ4n) is 3.46. The topological polar surface area (TPSA) is 6.48 Å². The number of nitrogens with zero attached hydrogens (tertiary/aromatic N) is 2. The molecule has 3 rings (SSSR count). The highest BCUT2D eigenvalue weighted by molar-refractivity contribution is 7.80. The molecule has 0 saturated carbocycles. The SMILES string of the molecule is CN(C)c1sc(/C=C/C=C/C(=S)N2CCCC2)c2c1CCCC2. The first-order valence-electron chi connectivity index (χ1n) is 8.62. The van der Waals surface area contributed by atoms with E-state index >= 15 is 0 Å². The Morgan fingerprint density at radius 2 is 1.74 bits per heavy atom. The lowest BCUT2D eigenvalue weighted by atomic mass is 9.93. The minimum atomic E-state index is 0.981. The Bertz CT molecular complexity index is 620. The largest absolute Gasteiger partial charge is 0.369 e. The molecule has 0 N–H and O–H groups in total. The maximum atomic E-state index is 5.48. The van der Waals surface area contributed by atoms with Crippen LogP contribution in [0.2, 0.25) is 0 Å². The van der Waals surface area contributed by atoms with Gasteiger partial charge in [0.2, 0.25) is 0 Å². The van der Waals surface area contributed by atoms with E-state index in [4.69, 9.17) is 12.2 Å². The molecule has 2 nitrogen and oxygen atoms in total. The standard InChI is InChI=1S/C19H26N2S2/c1-20(2)19-16-10-4-3-9-15(16)17(23-19)11-5-6-12-18(22)21-13-7-8-14-21/h5-6,11-12H,3-4,7-10,13-14H2,1-2H3/b11-5+,12-6+. The average molecular weight is 347 g/mol. The third-order valence-corrected chi connectivity index (χ3v) is 6.45. The molecular weight excluding hydrogens is 320 g/mol. The smallest absolute Gasteiger partial charge is 0.101 e. The van der Waals surface area contributed by atoms with Gasteiger partial charge in [0.05, 0.1) is 5.00 Å². The van der Waals surface area contributed by atoms with E-state index in [1.165, 1.54) is 48.4 Å². The molecule has 1 fully saturated rings. The van der Waals surface area contributed by atoms with Crippen molar-refractivity contribution in [3.8, 4) is 0 Å². The van der Waals surface area contributed by atoms with Crippen LogP contribution in [-0.2, 0) is 12.8 Å². The van der Waals surface area contributed by atoms with Gasteiger partial charge in [-0.15, -0.1) is 11.3 Å². The molecule has 4 heteroatoms. The van der Waals surface area contributed by atoms with Crippen LogP contribution in [0.1, 0.15) is 41.7 Å². The Hall–Kier alpha value is -1.13. The molecule has 124 valence electrons. The summed E-state index contributed by atoms with van der Waals surface area (Å²) in [6.45, 7) is 2.25. The van der Waals surface area contributed by atoms with Gasteiger partial charge in [-0.3, -0.25) is 0 Å². The molecule has 0 atom stereocenters. The number of rotatable bonds is 4. The molecular formula is C19H26N2S2. The number of likely N-dealkylation sites (tertiary alicyclic amines) is 1. The van der Waals surface area contributed by atoms with Crippen LogP contribution in [0, 0.1) is 0 Å². The predicted molar refractivity (Wildman–Crippen MR) is 107 cm³/mol. The lowest BCUT2D eigenvalue weighted by molar-refractivity contribution is 0.532. The van der Waals surface area contributed by atoms with Crippen molar-refractivity contribution >= 4 is 39.6 Å². The van der Waals surface area contributed by atoms with Crippen LogP contribution in [0.4, 0.5) is 5.00 Å². The zero-order valence-electron chi connectivity index (χ0n) is 14.2. The number of thiocarbonyl (C=S) groups is 1. The number of hydrogen-bond acceptors (Lipinski definition) is 3. The molecule has 0 radical (unpaired) electrons. The van der Waals surface area contributed by atoms with Crippen LogP contribution in [0.15, 0.2) is 18.2 Å². The summed E-state index contributed by atoms with van der Waals surface area (Å²) < 4.78 is 0. The summed E-state index contributed by atoms with van der Waals surface area (Å²) in [6, 6.07) is 0. The zero-order valence-corrected chi connectivity index (χ0v) is 15.8. The molecule has 0 bridgehead atoms. The highest BCUT2D eigenvalue weighted by Gasteiger charge is 2.20. The van der Waals surface area contributed by atoms with Crippen LogP contribution in [0.25, 0.3) is 6.08 Å². The van der Waals surface area contributed by atoms with Gasteiger partial charge in [-0.2, -0.15) is 0 Å². The zero-order chi connectivity index (χ0) is 16.2. The number of fused-ring (bicyclic) bond motifs is 1. The van der Waals surface area contributed by atoms with E-state index in [9.17, 15) is 0 Å². The minimum absolute atomic E-state index is 0.981. The Morgan fingerprint density at radius 1 is 1.04 bits per heavy atom. The molecule has 1 aliphatic carbocycles. The van der Waals surface area contributed by atoms with Crippen molar-refractivity contribution in [1.29, 1.82) is 0 Å². The van der Waals surface area contributed by atoms with Gasteiger partial charge in [-0.05, 0) is 61.8 Å². The molecule has 23 heavy (non-hydrogen) atoms. The molecule has 2 heterocycles. The van der Waals surface area contributed by atoms with Crippen LogP contribution in [0.3, 0.4) is 0 Å². The molecule has 0 spiro atoms. The second-order valence-electron chi connectivity index (χ2n) is 6.58. The van der Waals surface area contributed by atoms with Gasteiger partial charge >= 0.3 is 0 Å². The van der Waals surface area contributed by atoms with Crippen LogP contribution < -0.4 is 4.90 Å². The van der Waals surface area contributed by atoms with E-state index in [0.717, 1.165) is 18.1 Å². The lowest BCUT2D eigenvalue weighted by Gasteiger charge is -2.17. The highest BCUT2D eigenvalue weighted by Crippen LogP contribution is 2.40. The van der Waals surface area contributed by atoms with Crippen molar-refractivity contribution in [2.24, 2.45) is 0 Å². The van der Waals surface area contributed by atoms with Crippen molar-refractivity contribution in [3.63, 3.8) is 0 Å². The number of anilines is 1. The van der Waals surface area contributed by atoms with Gasteiger partial charge in [-0.25, -0.2) is 0 Å². The first kappa shape index (κ1) is 16.7. The first-order chi connectivity index (χ1) is 11.2. The average Bonchev–Trinajstić information content (AvgIpc) is 3.19. The van der Waals surface area contributed by atoms with Crippen molar-refractivity contribution in [3.05, 3.63) is 34.2 Å². The Kier molecular flexibility index (Phi) is 5.54. The molecule has 0 amide bonds. The Balaban J connectivity index is 1.71.